The van der Waals surface area contributed by atoms with Gasteiger partial charge in [0, 0.05) is 44.2 Å². The van der Waals surface area contributed by atoms with Gasteiger partial charge in [0.1, 0.15) is 0 Å². The van der Waals surface area contributed by atoms with Crippen LogP contribution in [0.5, 0.6) is 0 Å². The molecule has 0 aromatic heterocycles. The van der Waals surface area contributed by atoms with Gasteiger partial charge in [-0.05, 0) is 63.1 Å². The SMILES string of the molecule is CCN(CC)c1cc(N)ccc1C.Cc1cccc(N(C)C)c1. The number of hydrogen-bond acceptors (Lipinski definition) is 3. The lowest BCUT2D eigenvalue weighted by atomic mass is 10.1. The van der Waals surface area contributed by atoms with Gasteiger partial charge in [0.25, 0.3) is 0 Å². The Balaban J connectivity index is 0.000000238. The smallest absolute Gasteiger partial charge is 0.0416 e. The van der Waals surface area contributed by atoms with Crippen LogP contribution in [0.15, 0.2) is 42.5 Å². The first-order valence-electron chi connectivity index (χ1n) is 8.24. The minimum Gasteiger partial charge on any atom is -0.399 e. The predicted octanol–water partition coefficient (Wildman–Crippen LogP) is 4.48. The zero-order chi connectivity index (χ0) is 17.4. The van der Waals surface area contributed by atoms with Crippen molar-refractivity contribution in [2.45, 2.75) is 27.7 Å². The third-order valence-electron chi connectivity index (χ3n) is 3.86. The van der Waals surface area contributed by atoms with Crippen molar-refractivity contribution in [1.82, 2.24) is 0 Å². The summed E-state index contributed by atoms with van der Waals surface area (Å²) in [5, 5.41) is 0. The van der Waals surface area contributed by atoms with E-state index in [9.17, 15) is 0 Å². The number of anilines is 3. The van der Waals surface area contributed by atoms with Crippen molar-refractivity contribution >= 4 is 17.1 Å². The Hall–Kier alpha value is -2.16. The first-order valence-corrected chi connectivity index (χ1v) is 8.24. The molecule has 2 aromatic rings. The van der Waals surface area contributed by atoms with E-state index in [2.05, 4.69) is 81.9 Å². The van der Waals surface area contributed by atoms with Crippen LogP contribution in [0.1, 0.15) is 25.0 Å². The van der Waals surface area contributed by atoms with E-state index >= 15 is 0 Å². The average molecular weight is 313 g/mol. The van der Waals surface area contributed by atoms with Gasteiger partial charge < -0.3 is 15.5 Å². The molecule has 3 heteroatoms. The molecule has 0 unspecified atom stereocenters. The Bertz CT molecular complexity index is 602. The maximum absolute atomic E-state index is 5.75. The molecule has 2 N–H and O–H groups in total. The van der Waals surface area contributed by atoms with Crippen molar-refractivity contribution in [3.05, 3.63) is 53.6 Å². The van der Waals surface area contributed by atoms with Crippen molar-refractivity contribution < 1.29 is 0 Å². The predicted molar refractivity (Wildman–Crippen MR) is 105 cm³/mol. The van der Waals surface area contributed by atoms with Crippen molar-refractivity contribution in [3.8, 4) is 0 Å². The second kappa shape index (κ2) is 9.09. The molecule has 0 amide bonds. The largest absolute Gasteiger partial charge is 0.399 e. The van der Waals surface area contributed by atoms with E-state index < -0.39 is 0 Å². The molecule has 0 radical (unpaired) electrons. The zero-order valence-corrected chi connectivity index (χ0v) is 15.4. The molecule has 0 aliphatic rings. The fraction of sp³-hybridized carbons (Fsp3) is 0.400. The lowest BCUT2D eigenvalue weighted by Gasteiger charge is -2.23. The molecule has 0 bridgehead atoms. The average Bonchev–Trinajstić information content (AvgIpc) is 2.52. The Morgan fingerprint density at radius 1 is 0.913 bits per heavy atom. The van der Waals surface area contributed by atoms with Crippen LogP contribution in [-0.4, -0.2) is 27.2 Å². The van der Waals surface area contributed by atoms with Gasteiger partial charge in [-0.25, -0.2) is 0 Å². The number of nitrogen functional groups attached to an aromatic ring is 1. The Morgan fingerprint density at radius 3 is 2.04 bits per heavy atom. The first kappa shape index (κ1) is 18.9. The molecule has 0 atom stereocenters. The molecule has 2 aromatic carbocycles. The summed E-state index contributed by atoms with van der Waals surface area (Å²) >= 11 is 0. The van der Waals surface area contributed by atoms with Crippen LogP contribution in [0.3, 0.4) is 0 Å². The molecule has 0 heterocycles. The molecule has 0 fully saturated rings. The van der Waals surface area contributed by atoms with Crippen molar-refractivity contribution in [3.63, 3.8) is 0 Å². The zero-order valence-electron chi connectivity index (χ0n) is 15.4. The highest BCUT2D eigenvalue weighted by Gasteiger charge is 2.04. The molecule has 0 aliphatic heterocycles. The molecule has 0 saturated carbocycles. The van der Waals surface area contributed by atoms with Gasteiger partial charge in [-0.2, -0.15) is 0 Å². The standard InChI is InChI=1S/C11H18N2.C9H13N/c1-4-13(5-2)11-8-10(12)7-6-9(11)3;1-8-5-4-6-9(7-8)10(2)3/h6-8H,4-5,12H2,1-3H3;4-7H,1-3H3. The summed E-state index contributed by atoms with van der Waals surface area (Å²) < 4.78 is 0. The fourth-order valence-electron chi connectivity index (χ4n) is 2.44. The molecular weight excluding hydrogens is 282 g/mol. The van der Waals surface area contributed by atoms with Crippen LogP contribution in [-0.2, 0) is 0 Å². The highest BCUT2D eigenvalue weighted by Crippen LogP contribution is 2.22. The lowest BCUT2D eigenvalue weighted by molar-refractivity contribution is 0.862. The summed E-state index contributed by atoms with van der Waals surface area (Å²) in [5.41, 5.74) is 11.7. The molecular formula is C20H31N3. The molecule has 0 saturated heterocycles. The fourth-order valence-corrected chi connectivity index (χ4v) is 2.44. The maximum atomic E-state index is 5.75. The summed E-state index contributed by atoms with van der Waals surface area (Å²) in [7, 11) is 4.10. The topological polar surface area (TPSA) is 32.5 Å². The van der Waals surface area contributed by atoms with E-state index in [0.717, 1.165) is 18.8 Å². The van der Waals surface area contributed by atoms with Crippen LogP contribution >= 0.6 is 0 Å². The van der Waals surface area contributed by atoms with Crippen LogP contribution in [0, 0.1) is 13.8 Å². The molecule has 23 heavy (non-hydrogen) atoms. The quantitative estimate of drug-likeness (QED) is 0.844. The summed E-state index contributed by atoms with van der Waals surface area (Å²) in [6.07, 6.45) is 0. The van der Waals surface area contributed by atoms with Gasteiger partial charge in [-0.1, -0.05) is 18.2 Å². The Morgan fingerprint density at radius 2 is 1.57 bits per heavy atom. The second-order valence-electron chi connectivity index (χ2n) is 5.95. The van der Waals surface area contributed by atoms with Gasteiger partial charge in [0.05, 0.1) is 0 Å². The summed E-state index contributed by atoms with van der Waals surface area (Å²) in [4.78, 5) is 4.42. The van der Waals surface area contributed by atoms with E-state index in [1.165, 1.54) is 22.5 Å². The normalized spacial score (nSPS) is 9.83. The summed E-state index contributed by atoms with van der Waals surface area (Å²) in [5.74, 6) is 0. The van der Waals surface area contributed by atoms with Crippen molar-refractivity contribution in [1.29, 1.82) is 0 Å². The highest BCUT2D eigenvalue weighted by atomic mass is 15.1. The van der Waals surface area contributed by atoms with E-state index in [1.54, 1.807) is 0 Å². The minimum absolute atomic E-state index is 0.840. The van der Waals surface area contributed by atoms with Crippen molar-refractivity contribution in [2.75, 3.05) is 42.7 Å². The highest BCUT2D eigenvalue weighted by molar-refractivity contribution is 5.60. The van der Waals surface area contributed by atoms with Crippen LogP contribution in [0.2, 0.25) is 0 Å². The number of aryl methyl sites for hydroxylation is 2. The van der Waals surface area contributed by atoms with Crippen LogP contribution in [0.4, 0.5) is 17.1 Å². The van der Waals surface area contributed by atoms with Gasteiger partial charge in [-0.3, -0.25) is 0 Å². The van der Waals surface area contributed by atoms with Gasteiger partial charge in [0.2, 0.25) is 0 Å². The van der Waals surface area contributed by atoms with E-state index in [-0.39, 0.29) is 0 Å². The molecule has 0 aliphatic carbocycles. The first-order chi connectivity index (χ1) is 10.9. The van der Waals surface area contributed by atoms with E-state index in [1.807, 2.05) is 12.1 Å². The molecule has 126 valence electrons. The van der Waals surface area contributed by atoms with Gasteiger partial charge >= 0.3 is 0 Å². The minimum atomic E-state index is 0.840. The third-order valence-corrected chi connectivity index (χ3v) is 3.86. The van der Waals surface area contributed by atoms with Crippen LogP contribution in [0.25, 0.3) is 0 Å². The van der Waals surface area contributed by atoms with E-state index in [4.69, 9.17) is 5.73 Å². The van der Waals surface area contributed by atoms with E-state index in [0.29, 0.717) is 0 Å². The third kappa shape index (κ3) is 5.85. The number of benzene rings is 2. The summed E-state index contributed by atoms with van der Waals surface area (Å²) in [6.45, 7) is 10.6. The monoisotopic (exact) mass is 313 g/mol. The second-order valence-corrected chi connectivity index (χ2v) is 5.95. The van der Waals surface area contributed by atoms with Crippen molar-refractivity contribution in [2.24, 2.45) is 0 Å². The summed E-state index contributed by atoms with van der Waals surface area (Å²) in [6, 6.07) is 14.5. The van der Waals surface area contributed by atoms with Crippen LogP contribution < -0.4 is 15.5 Å². The molecule has 3 nitrogen and oxygen atoms in total. The number of nitrogens with zero attached hydrogens (tertiary/aromatic N) is 2. The van der Waals surface area contributed by atoms with Gasteiger partial charge in [-0.15, -0.1) is 0 Å². The van der Waals surface area contributed by atoms with Gasteiger partial charge in [0.15, 0.2) is 0 Å². The Kier molecular flexibility index (Phi) is 7.46. The molecule has 0 spiro atoms. The lowest BCUT2D eigenvalue weighted by Crippen LogP contribution is -2.22. The maximum Gasteiger partial charge on any atom is 0.0416 e. The molecule has 2 rings (SSSR count). The Labute approximate surface area is 141 Å². The number of hydrogen-bond donors (Lipinski definition) is 1. The number of nitrogens with two attached hydrogens (primary N) is 1. The number of rotatable bonds is 4.